The Morgan fingerprint density at radius 1 is 1.21 bits per heavy atom. The first-order chi connectivity index (χ1) is 11.4. The van der Waals surface area contributed by atoms with Crippen LogP contribution in [0.5, 0.6) is 0 Å². The van der Waals surface area contributed by atoms with Crippen LogP contribution in [0.4, 0.5) is 8.78 Å². The van der Waals surface area contributed by atoms with Gasteiger partial charge in [0.05, 0.1) is 5.69 Å². The van der Waals surface area contributed by atoms with E-state index in [1.807, 2.05) is 13.8 Å². The summed E-state index contributed by atoms with van der Waals surface area (Å²) in [5, 5.41) is 4.31. The van der Waals surface area contributed by atoms with Gasteiger partial charge in [-0.25, -0.2) is 18.4 Å². The highest BCUT2D eigenvalue weighted by Crippen LogP contribution is 2.22. The summed E-state index contributed by atoms with van der Waals surface area (Å²) in [6, 6.07) is 7.69. The van der Waals surface area contributed by atoms with E-state index in [4.69, 9.17) is 0 Å². The van der Waals surface area contributed by atoms with E-state index in [0.29, 0.717) is 23.9 Å². The van der Waals surface area contributed by atoms with E-state index in [0.717, 1.165) is 18.2 Å². The van der Waals surface area contributed by atoms with Crippen molar-refractivity contribution in [3.8, 4) is 17.2 Å². The molecule has 124 valence electrons. The number of nitrogens with zero attached hydrogens (tertiary/aromatic N) is 3. The fraction of sp³-hybridized carbons (Fsp3) is 0.235. The predicted molar refractivity (Wildman–Crippen MR) is 85.9 cm³/mol. The number of benzene rings is 1. The fourth-order valence-corrected chi connectivity index (χ4v) is 2.38. The second-order valence-corrected chi connectivity index (χ2v) is 5.89. The molecule has 0 aliphatic heterocycles. The maximum Gasteiger partial charge on any atom is 0.248 e. The van der Waals surface area contributed by atoms with Gasteiger partial charge in [0.15, 0.2) is 11.6 Å². The van der Waals surface area contributed by atoms with Gasteiger partial charge in [-0.3, -0.25) is 4.79 Å². The lowest BCUT2D eigenvalue weighted by atomic mass is 10.1. The molecule has 0 saturated carbocycles. The lowest BCUT2D eigenvalue weighted by Gasteiger charge is -2.07. The highest BCUT2D eigenvalue weighted by Gasteiger charge is 2.18. The Kier molecular flexibility index (Phi) is 4.24. The Morgan fingerprint density at radius 2 is 2.00 bits per heavy atom. The average molecular weight is 330 g/mol. The Morgan fingerprint density at radius 3 is 2.71 bits per heavy atom. The molecule has 0 atom stereocenters. The van der Waals surface area contributed by atoms with Crippen LogP contribution in [-0.2, 0) is 6.42 Å². The number of aromatic amines is 1. The number of rotatable bonds is 4. The zero-order chi connectivity index (χ0) is 17.3. The first kappa shape index (κ1) is 16.0. The van der Waals surface area contributed by atoms with E-state index < -0.39 is 11.6 Å². The normalized spacial score (nSPS) is 11.2. The maximum absolute atomic E-state index is 14.2. The van der Waals surface area contributed by atoms with E-state index >= 15 is 0 Å². The predicted octanol–water partition coefficient (Wildman–Crippen LogP) is 3.10. The molecule has 2 heterocycles. The van der Waals surface area contributed by atoms with Crippen molar-refractivity contribution in [2.75, 3.05) is 0 Å². The van der Waals surface area contributed by atoms with Crippen LogP contribution < -0.4 is 5.56 Å². The molecule has 0 aliphatic carbocycles. The SMILES string of the molecule is CC(C)Cc1nc(-c2cccc(=O)[nH]2)n(-c2cc(F)ccc2F)n1. The molecule has 2 aromatic heterocycles. The number of hydrogen-bond acceptors (Lipinski definition) is 3. The molecule has 0 amide bonds. The van der Waals surface area contributed by atoms with Crippen LogP contribution in [0.1, 0.15) is 19.7 Å². The van der Waals surface area contributed by atoms with E-state index in [1.54, 1.807) is 12.1 Å². The van der Waals surface area contributed by atoms with Crippen molar-refractivity contribution in [2.24, 2.45) is 5.92 Å². The summed E-state index contributed by atoms with van der Waals surface area (Å²) in [7, 11) is 0. The Hall–Kier alpha value is -2.83. The van der Waals surface area contributed by atoms with Gasteiger partial charge in [-0.15, -0.1) is 0 Å². The molecule has 5 nitrogen and oxygen atoms in total. The Balaban J connectivity index is 2.21. The molecular weight excluding hydrogens is 314 g/mol. The Bertz CT molecular complexity index is 930. The van der Waals surface area contributed by atoms with Crippen molar-refractivity contribution < 1.29 is 8.78 Å². The average Bonchev–Trinajstić information content (AvgIpc) is 2.92. The lowest BCUT2D eigenvalue weighted by Crippen LogP contribution is -2.08. The molecule has 24 heavy (non-hydrogen) atoms. The topological polar surface area (TPSA) is 63.6 Å². The largest absolute Gasteiger partial charge is 0.319 e. The number of nitrogens with one attached hydrogen (secondary N) is 1. The van der Waals surface area contributed by atoms with Crippen molar-refractivity contribution in [3.05, 3.63) is 64.2 Å². The summed E-state index contributed by atoms with van der Waals surface area (Å²) in [5.41, 5.74) is 0.0121. The summed E-state index contributed by atoms with van der Waals surface area (Å²) in [6.45, 7) is 4.01. The first-order valence-electron chi connectivity index (χ1n) is 7.55. The molecule has 0 spiro atoms. The third-order valence-corrected chi connectivity index (χ3v) is 3.39. The van der Waals surface area contributed by atoms with Crippen molar-refractivity contribution in [1.29, 1.82) is 0 Å². The highest BCUT2D eigenvalue weighted by molar-refractivity contribution is 5.53. The minimum Gasteiger partial charge on any atom is -0.319 e. The number of halogens is 2. The van der Waals surface area contributed by atoms with E-state index in [9.17, 15) is 13.6 Å². The Labute approximate surface area is 137 Å². The molecule has 0 fully saturated rings. The number of H-pyrrole nitrogens is 1. The highest BCUT2D eigenvalue weighted by atomic mass is 19.1. The molecule has 0 bridgehead atoms. The number of aromatic nitrogens is 4. The van der Waals surface area contributed by atoms with Crippen molar-refractivity contribution in [3.63, 3.8) is 0 Å². The van der Waals surface area contributed by atoms with Gasteiger partial charge in [0.1, 0.15) is 17.3 Å². The van der Waals surface area contributed by atoms with Gasteiger partial charge in [-0.1, -0.05) is 19.9 Å². The van der Waals surface area contributed by atoms with Gasteiger partial charge in [0.2, 0.25) is 5.56 Å². The molecule has 3 aromatic rings. The molecule has 1 N–H and O–H groups in total. The minimum atomic E-state index is -0.628. The molecule has 3 rings (SSSR count). The molecule has 0 radical (unpaired) electrons. The zero-order valence-electron chi connectivity index (χ0n) is 13.3. The summed E-state index contributed by atoms with van der Waals surface area (Å²) in [6.07, 6.45) is 0.577. The standard InChI is InChI=1S/C17H16F2N4O/c1-10(2)8-15-21-17(13-4-3-5-16(24)20-13)23(22-15)14-9-11(18)6-7-12(14)19/h3-7,9-10H,8H2,1-2H3,(H,20,24). The summed E-state index contributed by atoms with van der Waals surface area (Å²) < 4.78 is 29.0. The second-order valence-electron chi connectivity index (χ2n) is 5.89. The maximum atomic E-state index is 14.2. The van der Waals surface area contributed by atoms with Gasteiger partial charge in [0, 0.05) is 18.6 Å². The van der Waals surface area contributed by atoms with Gasteiger partial charge in [-0.05, 0) is 24.1 Å². The summed E-state index contributed by atoms with van der Waals surface area (Å²) in [5.74, 6) is -0.168. The molecule has 0 saturated heterocycles. The number of pyridine rings is 1. The first-order valence-corrected chi connectivity index (χ1v) is 7.55. The van der Waals surface area contributed by atoms with Crippen LogP contribution >= 0.6 is 0 Å². The molecular formula is C17H16F2N4O. The minimum absolute atomic E-state index is 0.0581. The third kappa shape index (κ3) is 3.24. The van der Waals surface area contributed by atoms with Crippen LogP contribution in [0.15, 0.2) is 41.2 Å². The van der Waals surface area contributed by atoms with Gasteiger partial charge in [0.25, 0.3) is 0 Å². The third-order valence-electron chi connectivity index (χ3n) is 3.39. The van der Waals surface area contributed by atoms with Crippen LogP contribution in [-0.4, -0.2) is 19.7 Å². The summed E-state index contributed by atoms with van der Waals surface area (Å²) in [4.78, 5) is 18.6. The quantitative estimate of drug-likeness (QED) is 0.799. The molecule has 0 unspecified atom stereocenters. The van der Waals surface area contributed by atoms with E-state index in [1.165, 1.54) is 10.7 Å². The molecule has 1 aromatic carbocycles. The lowest BCUT2D eigenvalue weighted by molar-refractivity contribution is 0.583. The van der Waals surface area contributed by atoms with Crippen LogP contribution in [0.3, 0.4) is 0 Å². The van der Waals surface area contributed by atoms with Crippen molar-refractivity contribution in [1.82, 2.24) is 19.7 Å². The van der Waals surface area contributed by atoms with Crippen LogP contribution in [0, 0.1) is 17.6 Å². The second kappa shape index (κ2) is 6.35. The molecule has 7 heteroatoms. The zero-order valence-corrected chi connectivity index (χ0v) is 13.3. The van der Waals surface area contributed by atoms with Gasteiger partial charge >= 0.3 is 0 Å². The summed E-state index contributed by atoms with van der Waals surface area (Å²) >= 11 is 0. The number of hydrogen-bond donors (Lipinski definition) is 1. The van der Waals surface area contributed by atoms with Crippen molar-refractivity contribution >= 4 is 0 Å². The van der Waals surface area contributed by atoms with Crippen LogP contribution in [0.25, 0.3) is 17.2 Å². The molecule has 0 aliphatic rings. The van der Waals surface area contributed by atoms with Crippen molar-refractivity contribution in [2.45, 2.75) is 20.3 Å². The van der Waals surface area contributed by atoms with Gasteiger partial charge in [-0.2, -0.15) is 5.10 Å². The van der Waals surface area contributed by atoms with E-state index in [-0.39, 0.29) is 17.1 Å². The van der Waals surface area contributed by atoms with E-state index in [2.05, 4.69) is 15.1 Å². The monoisotopic (exact) mass is 330 g/mol. The van der Waals surface area contributed by atoms with Crippen LogP contribution in [0.2, 0.25) is 0 Å². The van der Waals surface area contributed by atoms with Gasteiger partial charge < -0.3 is 4.98 Å². The fourth-order valence-electron chi connectivity index (χ4n) is 2.38. The smallest absolute Gasteiger partial charge is 0.248 e.